The Morgan fingerprint density at radius 2 is 1.66 bits per heavy atom. The number of nitrogens with zero attached hydrogens (tertiary/aromatic N) is 1. The lowest BCUT2D eigenvalue weighted by Gasteiger charge is -2.08. The minimum Gasteiger partial charge on any atom is -0.497 e. The molecule has 4 heteroatoms. The molecule has 6 rings (SSSR count). The summed E-state index contributed by atoms with van der Waals surface area (Å²) < 4.78 is 11.4. The van der Waals surface area contributed by atoms with Crippen LogP contribution in [0.3, 0.4) is 0 Å². The van der Waals surface area contributed by atoms with E-state index in [1.54, 1.807) is 7.11 Å². The monoisotopic (exact) mass is 418 g/mol. The minimum absolute atomic E-state index is 0.569. The number of nitrogens with one attached hydrogen (secondary N) is 1. The lowest BCUT2D eigenvalue weighted by Crippen LogP contribution is -1.96. The molecule has 32 heavy (non-hydrogen) atoms. The van der Waals surface area contributed by atoms with Crippen molar-refractivity contribution in [2.24, 2.45) is 0 Å². The van der Waals surface area contributed by atoms with E-state index in [0.717, 1.165) is 40.3 Å². The fourth-order valence-corrected chi connectivity index (χ4v) is 4.48. The molecular formula is C28H22N2O2. The van der Waals surface area contributed by atoms with Crippen LogP contribution in [-0.4, -0.2) is 17.3 Å². The van der Waals surface area contributed by atoms with Crippen LogP contribution in [0.1, 0.15) is 16.7 Å². The van der Waals surface area contributed by atoms with Crippen molar-refractivity contribution < 1.29 is 9.47 Å². The van der Waals surface area contributed by atoms with Crippen molar-refractivity contribution in [1.82, 2.24) is 10.2 Å². The van der Waals surface area contributed by atoms with E-state index >= 15 is 0 Å². The summed E-state index contributed by atoms with van der Waals surface area (Å²) in [6.07, 6.45) is 0.847. The maximum absolute atomic E-state index is 6.04. The highest BCUT2D eigenvalue weighted by Crippen LogP contribution is 2.41. The van der Waals surface area contributed by atoms with Gasteiger partial charge < -0.3 is 9.47 Å². The summed E-state index contributed by atoms with van der Waals surface area (Å²) in [6.45, 7) is 0.569. The van der Waals surface area contributed by atoms with Crippen molar-refractivity contribution in [1.29, 1.82) is 0 Å². The summed E-state index contributed by atoms with van der Waals surface area (Å²) in [6, 6.07) is 29.2. The van der Waals surface area contributed by atoms with Crippen LogP contribution in [0, 0.1) is 0 Å². The molecule has 0 aliphatic heterocycles. The highest BCUT2D eigenvalue weighted by Gasteiger charge is 2.25. The van der Waals surface area contributed by atoms with Gasteiger partial charge in [0.1, 0.15) is 18.1 Å². The molecule has 0 saturated heterocycles. The SMILES string of the molecule is COc1ccc2cc(-c3n[nH]c4c3Cc3cc(OCc5ccccc5)ccc3-4)ccc2c1. The third-order valence-corrected chi connectivity index (χ3v) is 6.15. The summed E-state index contributed by atoms with van der Waals surface area (Å²) in [5, 5.41) is 10.3. The largest absolute Gasteiger partial charge is 0.497 e. The Hall–Kier alpha value is -4.05. The molecule has 1 aliphatic carbocycles. The number of H-pyrrole nitrogens is 1. The molecule has 1 aromatic heterocycles. The lowest BCUT2D eigenvalue weighted by atomic mass is 10.0. The van der Waals surface area contributed by atoms with E-state index in [0.29, 0.717) is 6.61 Å². The van der Waals surface area contributed by atoms with Gasteiger partial charge in [-0.25, -0.2) is 0 Å². The van der Waals surface area contributed by atoms with Gasteiger partial charge in [0.05, 0.1) is 18.5 Å². The second-order valence-corrected chi connectivity index (χ2v) is 8.12. The van der Waals surface area contributed by atoms with Gasteiger partial charge in [-0.3, -0.25) is 5.10 Å². The van der Waals surface area contributed by atoms with Crippen LogP contribution in [0.2, 0.25) is 0 Å². The van der Waals surface area contributed by atoms with Gasteiger partial charge >= 0.3 is 0 Å². The molecule has 0 unspecified atom stereocenters. The number of benzene rings is 4. The van der Waals surface area contributed by atoms with E-state index in [1.165, 1.54) is 27.6 Å². The quantitative estimate of drug-likeness (QED) is 0.353. The van der Waals surface area contributed by atoms with Crippen LogP contribution in [0.25, 0.3) is 33.3 Å². The van der Waals surface area contributed by atoms with E-state index < -0.39 is 0 Å². The predicted molar refractivity (Wildman–Crippen MR) is 127 cm³/mol. The molecule has 1 heterocycles. The number of hydrogen-bond acceptors (Lipinski definition) is 3. The lowest BCUT2D eigenvalue weighted by molar-refractivity contribution is 0.306. The van der Waals surface area contributed by atoms with Crippen LogP contribution in [0.5, 0.6) is 11.5 Å². The van der Waals surface area contributed by atoms with Crippen LogP contribution in [-0.2, 0) is 13.0 Å². The van der Waals surface area contributed by atoms with E-state index in [9.17, 15) is 0 Å². The zero-order valence-electron chi connectivity index (χ0n) is 17.8. The molecule has 0 fully saturated rings. The van der Waals surface area contributed by atoms with Crippen molar-refractivity contribution in [3.63, 3.8) is 0 Å². The zero-order valence-corrected chi connectivity index (χ0v) is 17.8. The molecule has 0 amide bonds. The zero-order chi connectivity index (χ0) is 21.5. The summed E-state index contributed by atoms with van der Waals surface area (Å²) >= 11 is 0. The Bertz CT molecular complexity index is 1440. The number of fused-ring (bicyclic) bond motifs is 4. The van der Waals surface area contributed by atoms with Gasteiger partial charge in [-0.2, -0.15) is 5.10 Å². The normalized spacial score (nSPS) is 11.9. The number of aromatic nitrogens is 2. The minimum atomic E-state index is 0.569. The first-order valence-corrected chi connectivity index (χ1v) is 10.7. The number of methoxy groups -OCH3 is 1. The molecular weight excluding hydrogens is 396 g/mol. The maximum atomic E-state index is 6.04. The summed E-state index contributed by atoms with van der Waals surface area (Å²) in [4.78, 5) is 0. The standard InChI is InChI=1S/C28H22N2O2/c1-31-23-10-9-19-13-21(8-7-20(19)14-23)27-26-16-22-15-24(11-12-25(22)28(26)30-29-27)32-17-18-5-3-2-4-6-18/h2-15H,16-17H2,1H3,(H,29,30). The topological polar surface area (TPSA) is 47.1 Å². The van der Waals surface area contributed by atoms with Gasteiger partial charge in [-0.15, -0.1) is 0 Å². The molecule has 4 aromatic carbocycles. The highest BCUT2D eigenvalue weighted by molar-refractivity contribution is 5.90. The molecule has 0 bridgehead atoms. The Morgan fingerprint density at radius 1 is 0.844 bits per heavy atom. The third-order valence-electron chi connectivity index (χ3n) is 6.15. The molecule has 0 saturated carbocycles. The smallest absolute Gasteiger partial charge is 0.120 e. The van der Waals surface area contributed by atoms with Crippen molar-refractivity contribution in [2.45, 2.75) is 13.0 Å². The van der Waals surface area contributed by atoms with Gasteiger partial charge in [0.2, 0.25) is 0 Å². The Morgan fingerprint density at radius 3 is 2.53 bits per heavy atom. The van der Waals surface area contributed by atoms with Crippen LogP contribution in [0.4, 0.5) is 0 Å². The fourth-order valence-electron chi connectivity index (χ4n) is 4.48. The Kier molecular flexibility index (Phi) is 4.43. The van der Waals surface area contributed by atoms with Crippen LogP contribution >= 0.6 is 0 Å². The number of ether oxygens (including phenoxy) is 2. The second-order valence-electron chi connectivity index (χ2n) is 8.12. The third kappa shape index (κ3) is 3.21. The van der Waals surface area contributed by atoms with Gasteiger partial charge in [0.15, 0.2) is 0 Å². The molecule has 0 radical (unpaired) electrons. The summed E-state index contributed by atoms with van der Waals surface area (Å²) in [5.41, 5.74) is 8.13. The van der Waals surface area contributed by atoms with Gasteiger partial charge in [-0.1, -0.05) is 48.5 Å². The van der Waals surface area contributed by atoms with Crippen molar-refractivity contribution in [3.8, 4) is 34.0 Å². The first kappa shape index (κ1) is 18.7. The van der Waals surface area contributed by atoms with Gasteiger partial charge in [-0.05, 0) is 58.3 Å². The van der Waals surface area contributed by atoms with Crippen molar-refractivity contribution in [3.05, 3.63) is 102 Å². The first-order valence-electron chi connectivity index (χ1n) is 10.7. The molecule has 156 valence electrons. The highest BCUT2D eigenvalue weighted by atomic mass is 16.5. The van der Waals surface area contributed by atoms with E-state index in [2.05, 4.69) is 64.8 Å². The molecule has 0 atom stereocenters. The fraction of sp³-hybridized carbons (Fsp3) is 0.107. The number of rotatable bonds is 5. The van der Waals surface area contributed by atoms with E-state index in [-0.39, 0.29) is 0 Å². The molecule has 1 aliphatic rings. The van der Waals surface area contributed by atoms with E-state index in [4.69, 9.17) is 9.47 Å². The average molecular weight is 418 g/mol. The van der Waals surface area contributed by atoms with Crippen LogP contribution in [0.15, 0.2) is 84.9 Å². The van der Waals surface area contributed by atoms with E-state index in [1.807, 2.05) is 30.3 Å². The van der Waals surface area contributed by atoms with Crippen LogP contribution < -0.4 is 9.47 Å². The van der Waals surface area contributed by atoms with Crippen molar-refractivity contribution >= 4 is 10.8 Å². The molecule has 1 N–H and O–H groups in total. The van der Waals surface area contributed by atoms with Gasteiger partial charge in [0, 0.05) is 23.1 Å². The number of hydrogen-bond donors (Lipinski definition) is 1. The molecule has 5 aromatic rings. The number of aromatic amines is 1. The maximum Gasteiger partial charge on any atom is 0.120 e. The second kappa shape index (κ2) is 7.57. The molecule has 4 nitrogen and oxygen atoms in total. The first-order chi connectivity index (χ1) is 15.8. The van der Waals surface area contributed by atoms with Crippen molar-refractivity contribution in [2.75, 3.05) is 7.11 Å². The average Bonchev–Trinajstić information content (AvgIpc) is 3.41. The summed E-state index contributed by atoms with van der Waals surface area (Å²) in [7, 11) is 1.69. The predicted octanol–water partition coefficient (Wildman–Crippen LogP) is 6.39. The molecule has 0 spiro atoms. The Labute approximate surface area is 186 Å². The van der Waals surface area contributed by atoms with Gasteiger partial charge in [0.25, 0.3) is 0 Å². The Balaban J connectivity index is 1.28. The summed E-state index contributed by atoms with van der Waals surface area (Å²) in [5.74, 6) is 1.76.